The molecule has 368 valence electrons. The summed E-state index contributed by atoms with van der Waals surface area (Å²) in [6.07, 6.45) is 58.6. The number of nitrogens with two attached hydrogens (primary N) is 1. The lowest BCUT2D eigenvalue weighted by Crippen LogP contribution is -2.29. The van der Waals surface area contributed by atoms with Crippen LogP contribution in [0, 0.1) is 0 Å². The number of esters is 2. The van der Waals surface area contributed by atoms with Crippen LogP contribution < -0.4 is 5.73 Å². The highest BCUT2D eigenvalue weighted by molar-refractivity contribution is 7.47. The molecule has 10 heteroatoms. The SMILES string of the molecule is CCCCCCC/C=C\C/C=C\C/C=C\CCCCCCCCCCC(=O)OC(COC(=O)CCCCCCCCCCC/C=C\CCCCCCCC)COP(=O)(O)OCCN. The maximum absolute atomic E-state index is 12.7. The third kappa shape index (κ3) is 49.2. The van der Waals surface area contributed by atoms with E-state index < -0.39 is 26.5 Å². The van der Waals surface area contributed by atoms with Gasteiger partial charge in [-0.15, -0.1) is 0 Å². The molecule has 0 spiro atoms. The van der Waals surface area contributed by atoms with E-state index in [1.54, 1.807) is 0 Å². The Kier molecular flexibility index (Phi) is 47.8. The van der Waals surface area contributed by atoms with Crippen LogP contribution in [-0.2, 0) is 32.7 Å². The molecule has 0 saturated carbocycles. The number of rotatable bonds is 49. The van der Waals surface area contributed by atoms with Gasteiger partial charge in [-0.1, -0.05) is 204 Å². The van der Waals surface area contributed by atoms with Crippen molar-refractivity contribution in [3.63, 3.8) is 0 Å². The highest BCUT2D eigenvalue weighted by Gasteiger charge is 2.26. The largest absolute Gasteiger partial charge is 0.472 e. The smallest absolute Gasteiger partial charge is 0.462 e. The van der Waals surface area contributed by atoms with Crippen LogP contribution in [0.5, 0.6) is 0 Å². The lowest BCUT2D eigenvalue weighted by molar-refractivity contribution is -0.161. The molecule has 0 fully saturated rings. The van der Waals surface area contributed by atoms with Crippen molar-refractivity contribution in [2.75, 3.05) is 26.4 Å². The molecule has 0 aromatic heterocycles. The number of allylic oxidation sites excluding steroid dienone is 8. The van der Waals surface area contributed by atoms with Crippen LogP contribution in [0.15, 0.2) is 48.6 Å². The van der Waals surface area contributed by atoms with Gasteiger partial charge in [-0.2, -0.15) is 0 Å². The fourth-order valence-corrected chi connectivity index (χ4v) is 8.05. The van der Waals surface area contributed by atoms with Gasteiger partial charge in [0.05, 0.1) is 13.2 Å². The molecule has 0 aliphatic rings. The molecule has 2 unspecified atom stereocenters. The average Bonchev–Trinajstić information content (AvgIpc) is 3.27. The quantitative estimate of drug-likeness (QED) is 0.0265. The number of carbonyl (C=O) groups is 2. The molecule has 0 heterocycles. The Morgan fingerprint density at radius 2 is 0.825 bits per heavy atom. The van der Waals surface area contributed by atoms with Crippen LogP contribution in [0.25, 0.3) is 0 Å². The van der Waals surface area contributed by atoms with Crippen LogP contribution in [0.3, 0.4) is 0 Å². The molecule has 0 aliphatic carbocycles. The normalized spacial score (nSPS) is 13.5. The maximum atomic E-state index is 12.7. The Bertz CT molecular complexity index is 1170. The molecular weight excluding hydrogens is 810 g/mol. The molecular formula is C53H98NO8P. The van der Waals surface area contributed by atoms with Crippen molar-refractivity contribution in [3.05, 3.63) is 48.6 Å². The fourth-order valence-electron chi connectivity index (χ4n) is 7.28. The summed E-state index contributed by atoms with van der Waals surface area (Å²) in [4.78, 5) is 35.1. The van der Waals surface area contributed by atoms with Gasteiger partial charge < -0.3 is 20.1 Å². The molecule has 0 aromatic rings. The predicted octanol–water partition coefficient (Wildman–Crippen LogP) is 15.8. The van der Waals surface area contributed by atoms with Gasteiger partial charge in [0.2, 0.25) is 0 Å². The van der Waals surface area contributed by atoms with E-state index in [0.717, 1.165) is 57.8 Å². The van der Waals surface area contributed by atoms with E-state index in [4.69, 9.17) is 24.3 Å². The standard InChI is InChI=1S/C53H98NO8P/c1-3-5-7-9-11-13-15-17-19-21-23-24-25-26-28-30-32-34-36-38-40-42-44-46-53(56)62-51(50-61-63(57,58)60-48-47-54)49-59-52(55)45-43-41-39-37-35-33-31-29-27-22-20-18-16-14-12-10-8-6-4-2/h15,17-18,20-21,23,25-26,51H,3-14,16,19,22,24,27-50,54H2,1-2H3,(H,57,58)/b17-15-,20-18-,23-21-,26-25-. The Hall–Kier alpha value is -2.03. The van der Waals surface area contributed by atoms with Gasteiger partial charge in [0.15, 0.2) is 6.10 Å². The number of ether oxygens (including phenoxy) is 2. The van der Waals surface area contributed by atoms with Crippen LogP contribution in [0.1, 0.15) is 245 Å². The Morgan fingerprint density at radius 1 is 0.476 bits per heavy atom. The minimum atomic E-state index is -4.39. The summed E-state index contributed by atoms with van der Waals surface area (Å²) in [6, 6.07) is 0. The van der Waals surface area contributed by atoms with Gasteiger partial charge in [0, 0.05) is 19.4 Å². The molecule has 0 bridgehead atoms. The number of hydrogen-bond donors (Lipinski definition) is 2. The molecule has 0 saturated heterocycles. The van der Waals surface area contributed by atoms with E-state index in [1.807, 2.05) is 0 Å². The van der Waals surface area contributed by atoms with Crippen LogP contribution >= 0.6 is 7.82 Å². The second-order valence-corrected chi connectivity index (χ2v) is 18.8. The highest BCUT2D eigenvalue weighted by atomic mass is 31.2. The van der Waals surface area contributed by atoms with E-state index in [2.05, 4.69) is 62.5 Å². The van der Waals surface area contributed by atoms with Crippen molar-refractivity contribution in [2.45, 2.75) is 251 Å². The zero-order valence-corrected chi connectivity index (χ0v) is 41.7. The molecule has 0 rings (SSSR count). The zero-order valence-electron chi connectivity index (χ0n) is 40.8. The molecule has 0 aliphatic heterocycles. The Labute approximate surface area is 387 Å². The number of unbranched alkanes of at least 4 members (excludes halogenated alkanes) is 28. The molecule has 0 radical (unpaired) electrons. The highest BCUT2D eigenvalue weighted by Crippen LogP contribution is 2.43. The van der Waals surface area contributed by atoms with Crippen molar-refractivity contribution in [1.82, 2.24) is 0 Å². The minimum Gasteiger partial charge on any atom is -0.462 e. The number of phosphoric ester groups is 1. The monoisotopic (exact) mass is 908 g/mol. The number of phosphoric acid groups is 1. The average molecular weight is 908 g/mol. The van der Waals surface area contributed by atoms with Crippen molar-refractivity contribution in [1.29, 1.82) is 0 Å². The van der Waals surface area contributed by atoms with Crippen LogP contribution in [0.2, 0.25) is 0 Å². The zero-order chi connectivity index (χ0) is 46.0. The first-order chi connectivity index (χ1) is 30.8. The second-order valence-electron chi connectivity index (χ2n) is 17.4. The van der Waals surface area contributed by atoms with E-state index in [1.165, 1.54) is 154 Å². The van der Waals surface area contributed by atoms with Crippen molar-refractivity contribution >= 4 is 19.8 Å². The predicted molar refractivity (Wildman–Crippen MR) is 266 cm³/mol. The first-order valence-electron chi connectivity index (χ1n) is 26.1. The lowest BCUT2D eigenvalue weighted by Gasteiger charge is -2.19. The van der Waals surface area contributed by atoms with E-state index in [9.17, 15) is 19.0 Å². The first-order valence-corrected chi connectivity index (χ1v) is 27.6. The van der Waals surface area contributed by atoms with Gasteiger partial charge in [0.1, 0.15) is 6.61 Å². The van der Waals surface area contributed by atoms with Crippen molar-refractivity contribution in [2.24, 2.45) is 5.73 Å². The summed E-state index contributed by atoms with van der Waals surface area (Å²) in [5.74, 6) is -0.833. The summed E-state index contributed by atoms with van der Waals surface area (Å²) >= 11 is 0. The summed E-state index contributed by atoms with van der Waals surface area (Å²) in [6.45, 7) is 3.74. The summed E-state index contributed by atoms with van der Waals surface area (Å²) in [5, 5.41) is 0. The Morgan fingerprint density at radius 3 is 1.24 bits per heavy atom. The van der Waals surface area contributed by atoms with Gasteiger partial charge in [-0.3, -0.25) is 18.6 Å². The van der Waals surface area contributed by atoms with E-state index in [0.29, 0.717) is 6.42 Å². The van der Waals surface area contributed by atoms with E-state index in [-0.39, 0.29) is 38.6 Å². The molecule has 3 N–H and O–H groups in total. The van der Waals surface area contributed by atoms with Crippen molar-refractivity contribution < 1.29 is 37.6 Å². The minimum absolute atomic E-state index is 0.0509. The third-order valence-electron chi connectivity index (χ3n) is 11.2. The molecule has 63 heavy (non-hydrogen) atoms. The maximum Gasteiger partial charge on any atom is 0.472 e. The molecule has 2 atom stereocenters. The molecule has 9 nitrogen and oxygen atoms in total. The third-order valence-corrected chi connectivity index (χ3v) is 12.2. The van der Waals surface area contributed by atoms with Crippen LogP contribution in [0.4, 0.5) is 0 Å². The fraction of sp³-hybridized carbons (Fsp3) is 0.811. The van der Waals surface area contributed by atoms with Gasteiger partial charge >= 0.3 is 19.8 Å². The van der Waals surface area contributed by atoms with Crippen LogP contribution in [-0.4, -0.2) is 49.3 Å². The summed E-state index contributed by atoms with van der Waals surface area (Å²) in [5.41, 5.74) is 5.37. The van der Waals surface area contributed by atoms with Gasteiger partial charge in [0.25, 0.3) is 0 Å². The summed E-state index contributed by atoms with van der Waals surface area (Å²) < 4.78 is 32.9. The number of carbonyl (C=O) groups excluding carboxylic acids is 2. The van der Waals surface area contributed by atoms with Crippen molar-refractivity contribution in [3.8, 4) is 0 Å². The van der Waals surface area contributed by atoms with Gasteiger partial charge in [-0.05, 0) is 77.0 Å². The second kappa shape index (κ2) is 49.4. The van der Waals surface area contributed by atoms with E-state index >= 15 is 0 Å². The Balaban J connectivity index is 4.06. The summed E-state index contributed by atoms with van der Waals surface area (Å²) in [7, 11) is -4.39. The number of hydrogen-bond acceptors (Lipinski definition) is 8. The topological polar surface area (TPSA) is 134 Å². The first kappa shape index (κ1) is 61.0. The molecule has 0 aromatic carbocycles. The molecule has 0 amide bonds. The lowest BCUT2D eigenvalue weighted by atomic mass is 10.1. The van der Waals surface area contributed by atoms with Gasteiger partial charge in [-0.25, -0.2) is 4.57 Å².